The number of hydrogen-bond acceptors (Lipinski definition) is 4. The van der Waals surface area contributed by atoms with E-state index in [1.165, 1.54) is 29.1 Å². The first-order valence-electron chi connectivity index (χ1n) is 7.58. The average Bonchev–Trinajstić information content (AvgIpc) is 3.27. The zero-order valence-electron chi connectivity index (χ0n) is 12.7. The SMILES string of the molecule is CCc1nc(CN(Cc2ccc(OC)cc2)C2CC2)cs1. The Morgan fingerprint density at radius 3 is 2.57 bits per heavy atom. The Hall–Kier alpha value is -1.39. The van der Waals surface area contributed by atoms with E-state index in [1.54, 1.807) is 18.4 Å². The molecule has 0 unspecified atom stereocenters. The fraction of sp³-hybridized carbons (Fsp3) is 0.471. The van der Waals surface area contributed by atoms with Crippen molar-refractivity contribution in [2.75, 3.05) is 7.11 Å². The highest BCUT2D eigenvalue weighted by Gasteiger charge is 2.29. The Morgan fingerprint density at radius 1 is 1.24 bits per heavy atom. The van der Waals surface area contributed by atoms with E-state index < -0.39 is 0 Å². The Kier molecular flexibility index (Phi) is 4.56. The summed E-state index contributed by atoms with van der Waals surface area (Å²) in [6.07, 6.45) is 3.68. The zero-order valence-corrected chi connectivity index (χ0v) is 13.5. The van der Waals surface area contributed by atoms with Crippen molar-refractivity contribution in [2.24, 2.45) is 0 Å². The summed E-state index contributed by atoms with van der Waals surface area (Å²) >= 11 is 1.78. The van der Waals surface area contributed by atoms with E-state index in [2.05, 4.69) is 29.3 Å². The second-order valence-corrected chi connectivity index (χ2v) is 6.51. The van der Waals surface area contributed by atoms with Gasteiger partial charge in [-0.25, -0.2) is 4.98 Å². The molecule has 3 nitrogen and oxygen atoms in total. The van der Waals surface area contributed by atoms with Crippen molar-refractivity contribution in [3.05, 3.63) is 45.9 Å². The standard InChI is InChI=1S/C17H22N2OS/c1-3-17-18-14(12-21-17)11-19(15-6-7-15)10-13-4-8-16(20-2)9-5-13/h4-5,8-9,12,15H,3,6-7,10-11H2,1-2H3. The third-order valence-electron chi connectivity index (χ3n) is 3.87. The third kappa shape index (κ3) is 3.83. The quantitative estimate of drug-likeness (QED) is 0.776. The molecule has 0 spiro atoms. The Balaban J connectivity index is 1.66. The summed E-state index contributed by atoms with van der Waals surface area (Å²) in [5.41, 5.74) is 2.56. The van der Waals surface area contributed by atoms with Gasteiger partial charge in [-0.2, -0.15) is 0 Å². The zero-order chi connectivity index (χ0) is 14.7. The van der Waals surface area contributed by atoms with Crippen molar-refractivity contribution < 1.29 is 4.74 Å². The monoisotopic (exact) mass is 302 g/mol. The van der Waals surface area contributed by atoms with Gasteiger partial charge in [0.15, 0.2) is 0 Å². The van der Waals surface area contributed by atoms with E-state index in [0.29, 0.717) is 0 Å². The molecule has 0 bridgehead atoms. The molecule has 0 atom stereocenters. The van der Waals surface area contributed by atoms with Gasteiger partial charge in [0.2, 0.25) is 0 Å². The maximum Gasteiger partial charge on any atom is 0.118 e. The molecule has 112 valence electrons. The van der Waals surface area contributed by atoms with Crippen LogP contribution in [0.1, 0.15) is 36.0 Å². The number of thiazole rings is 1. The van der Waals surface area contributed by atoms with Gasteiger partial charge in [-0.3, -0.25) is 4.90 Å². The summed E-state index contributed by atoms with van der Waals surface area (Å²) in [7, 11) is 1.71. The van der Waals surface area contributed by atoms with Gasteiger partial charge in [-0.05, 0) is 37.0 Å². The summed E-state index contributed by atoms with van der Waals surface area (Å²) in [5, 5.41) is 3.45. The van der Waals surface area contributed by atoms with Crippen LogP contribution in [0.2, 0.25) is 0 Å². The molecule has 1 aliphatic carbocycles. The minimum atomic E-state index is 0.735. The van der Waals surface area contributed by atoms with Gasteiger partial charge in [-0.15, -0.1) is 11.3 Å². The first kappa shape index (κ1) is 14.5. The van der Waals surface area contributed by atoms with Crippen LogP contribution in [-0.4, -0.2) is 23.0 Å². The summed E-state index contributed by atoms with van der Waals surface area (Å²) in [5.74, 6) is 0.920. The molecule has 0 N–H and O–H groups in total. The molecule has 1 aromatic carbocycles. The molecular formula is C17H22N2OS. The second-order valence-electron chi connectivity index (χ2n) is 5.57. The number of aryl methyl sites for hydroxylation is 1. The summed E-state index contributed by atoms with van der Waals surface area (Å²) < 4.78 is 5.22. The van der Waals surface area contributed by atoms with Crippen LogP contribution >= 0.6 is 11.3 Å². The van der Waals surface area contributed by atoms with Gasteiger partial charge in [0, 0.05) is 24.5 Å². The highest BCUT2D eigenvalue weighted by Crippen LogP contribution is 2.30. The molecule has 1 aromatic heterocycles. The molecule has 1 aliphatic rings. The van der Waals surface area contributed by atoms with Crippen molar-refractivity contribution in [3.63, 3.8) is 0 Å². The fourth-order valence-electron chi connectivity index (χ4n) is 2.51. The molecule has 1 heterocycles. The number of nitrogens with zero attached hydrogens (tertiary/aromatic N) is 2. The van der Waals surface area contributed by atoms with Crippen LogP contribution in [0.3, 0.4) is 0 Å². The maximum atomic E-state index is 5.22. The van der Waals surface area contributed by atoms with Crippen LogP contribution in [0.15, 0.2) is 29.6 Å². The van der Waals surface area contributed by atoms with Crippen LogP contribution < -0.4 is 4.74 Å². The van der Waals surface area contributed by atoms with Crippen LogP contribution in [0, 0.1) is 0 Å². The van der Waals surface area contributed by atoms with Crippen molar-refractivity contribution in [1.82, 2.24) is 9.88 Å². The Bertz CT molecular complexity index is 575. The average molecular weight is 302 g/mol. The lowest BCUT2D eigenvalue weighted by atomic mass is 10.2. The lowest BCUT2D eigenvalue weighted by molar-refractivity contribution is 0.243. The second kappa shape index (κ2) is 6.58. The lowest BCUT2D eigenvalue weighted by Gasteiger charge is -2.21. The number of aromatic nitrogens is 1. The van der Waals surface area contributed by atoms with Gasteiger partial charge in [0.25, 0.3) is 0 Å². The van der Waals surface area contributed by atoms with Gasteiger partial charge in [0.1, 0.15) is 5.75 Å². The Labute approximate surface area is 130 Å². The minimum absolute atomic E-state index is 0.735. The van der Waals surface area contributed by atoms with Crippen molar-refractivity contribution in [1.29, 1.82) is 0 Å². The van der Waals surface area contributed by atoms with Gasteiger partial charge in [-0.1, -0.05) is 19.1 Å². The normalized spacial score (nSPS) is 14.6. The van der Waals surface area contributed by atoms with Crippen molar-refractivity contribution >= 4 is 11.3 Å². The molecule has 4 heteroatoms. The molecular weight excluding hydrogens is 280 g/mol. The third-order valence-corrected chi connectivity index (χ3v) is 4.92. The number of benzene rings is 1. The molecule has 0 radical (unpaired) electrons. The maximum absolute atomic E-state index is 5.22. The predicted octanol–water partition coefficient (Wildman–Crippen LogP) is 3.88. The largest absolute Gasteiger partial charge is 0.497 e. The van der Waals surface area contributed by atoms with E-state index >= 15 is 0 Å². The first-order valence-corrected chi connectivity index (χ1v) is 8.46. The molecule has 1 fully saturated rings. The molecule has 21 heavy (non-hydrogen) atoms. The fourth-order valence-corrected chi connectivity index (χ4v) is 3.25. The van der Waals surface area contributed by atoms with Crippen LogP contribution in [0.5, 0.6) is 5.75 Å². The van der Waals surface area contributed by atoms with Gasteiger partial charge in [0.05, 0.1) is 17.8 Å². The van der Waals surface area contributed by atoms with E-state index in [-0.39, 0.29) is 0 Å². The van der Waals surface area contributed by atoms with E-state index in [1.807, 2.05) is 12.1 Å². The van der Waals surface area contributed by atoms with E-state index in [4.69, 9.17) is 9.72 Å². The van der Waals surface area contributed by atoms with Crippen LogP contribution in [-0.2, 0) is 19.5 Å². The lowest BCUT2D eigenvalue weighted by Crippen LogP contribution is -2.25. The first-order chi connectivity index (χ1) is 10.3. The van der Waals surface area contributed by atoms with E-state index in [0.717, 1.165) is 31.3 Å². The predicted molar refractivity (Wildman–Crippen MR) is 86.8 cm³/mol. The smallest absolute Gasteiger partial charge is 0.118 e. The van der Waals surface area contributed by atoms with Crippen molar-refractivity contribution in [3.8, 4) is 5.75 Å². The molecule has 0 aliphatic heterocycles. The summed E-state index contributed by atoms with van der Waals surface area (Å²) in [6.45, 7) is 4.12. The summed E-state index contributed by atoms with van der Waals surface area (Å²) in [4.78, 5) is 7.26. The highest BCUT2D eigenvalue weighted by atomic mass is 32.1. The molecule has 3 rings (SSSR count). The molecule has 2 aromatic rings. The van der Waals surface area contributed by atoms with Crippen LogP contribution in [0.4, 0.5) is 0 Å². The van der Waals surface area contributed by atoms with Gasteiger partial charge < -0.3 is 4.74 Å². The minimum Gasteiger partial charge on any atom is -0.497 e. The number of hydrogen-bond donors (Lipinski definition) is 0. The van der Waals surface area contributed by atoms with Gasteiger partial charge >= 0.3 is 0 Å². The Morgan fingerprint density at radius 2 is 2.00 bits per heavy atom. The van der Waals surface area contributed by atoms with Crippen molar-refractivity contribution in [2.45, 2.75) is 45.3 Å². The molecule has 0 saturated heterocycles. The van der Waals surface area contributed by atoms with E-state index in [9.17, 15) is 0 Å². The van der Waals surface area contributed by atoms with Crippen LogP contribution in [0.25, 0.3) is 0 Å². The number of methoxy groups -OCH3 is 1. The molecule has 0 amide bonds. The number of ether oxygens (including phenoxy) is 1. The summed E-state index contributed by atoms with van der Waals surface area (Å²) in [6, 6.07) is 9.13. The topological polar surface area (TPSA) is 25.4 Å². The highest BCUT2D eigenvalue weighted by molar-refractivity contribution is 7.09. The molecule has 1 saturated carbocycles. The number of rotatable bonds is 7.